The summed E-state index contributed by atoms with van der Waals surface area (Å²) in [6, 6.07) is -0.104. The SMILES string of the molecule is CSCC[C@H](N)c1nc(C23CC4CC(CC(C4)C2)C3)no1. The normalized spacial score (nSPS) is 38.9. The molecule has 5 heteroatoms. The summed E-state index contributed by atoms with van der Waals surface area (Å²) < 4.78 is 5.52. The van der Waals surface area contributed by atoms with Crippen molar-refractivity contribution in [2.24, 2.45) is 23.5 Å². The minimum Gasteiger partial charge on any atom is -0.338 e. The summed E-state index contributed by atoms with van der Waals surface area (Å²) in [5.74, 6) is 5.37. The molecule has 1 atom stereocenters. The molecular weight excluding hydrogens is 282 g/mol. The standard InChI is InChI=1S/C16H25N3OS/c1-21-3-2-13(17)14-18-15(19-20-14)16-7-10-4-11(8-16)6-12(5-10)9-16/h10-13H,2-9,17H2,1H3/t10?,11?,12?,13-,16?/m0/s1. The first kappa shape index (κ1) is 14.1. The Balaban J connectivity index is 1.55. The first-order valence-corrected chi connectivity index (χ1v) is 9.66. The number of thioether (sulfide) groups is 1. The maximum absolute atomic E-state index is 6.18. The van der Waals surface area contributed by atoms with E-state index in [2.05, 4.69) is 11.4 Å². The van der Waals surface area contributed by atoms with Crippen LogP contribution in [0.3, 0.4) is 0 Å². The molecule has 0 saturated heterocycles. The predicted octanol–water partition coefficient (Wildman–Crippen LogP) is 3.29. The van der Waals surface area contributed by atoms with Crippen LogP contribution in [0.2, 0.25) is 0 Å². The van der Waals surface area contributed by atoms with Gasteiger partial charge in [0, 0.05) is 5.41 Å². The number of nitrogens with zero attached hydrogens (tertiary/aromatic N) is 2. The van der Waals surface area contributed by atoms with E-state index in [1.54, 1.807) is 0 Å². The molecule has 0 unspecified atom stereocenters. The highest BCUT2D eigenvalue weighted by Crippen LogP contribution is 2.60. The number of hydrogen-bond acceptors (Lipinski definition) is 5. The molecule has 4 aliphatic rings. The minimum absolute atomic E-state index is 0.104. The van der Waals surface area contributed by atoms with Gasteiger partial charge in [-0.2, -0.15) is 16.7 Å². The van der Waals surface area contributed by atoms with Crippen molar-refractivity contribution in [1.82, 2.24) is 10.1 Å². The number of aromatic nitrogens is 2. The van der Waals surface area contributed by atoms with Gasteiger partial charge in [0.25, 0.3) is 0 Å². The van der Waals surface area contributed by atoms with Crippen LogP contribution in [0, 0.1) is 17.8 Å². The van der Waals surface area contributed by atoms with E-state index >= 15 is 0 Å². The van der Waals surface area contributed by atoms with E-state index in [0.29, 0.717) is 5.89 Å². The second-order valence-electron chi connectivity index (χ2n) is 7.54. The van der Waals surface area contributed by atoms with Crippen molar-refractivity contribution in [1.29, 1.82) is 0 Å². The Labute approximate surface area is 130 Å². The van der Waals surface area contributed by atoms with Crippen molar-refractivity contribution < 1.29 is 4.52 Å². The minimum atomic E-state index is -0.104. The molecule has 21 heavy (non-hydrogen) atoms. The van der Waals surface area contributed by atoms with Crippen LogP contribution in [0.25, 0.3) is 0 Å². The van der Waals surface area contributed by atoms with Crippen LogP contribution in [0.5, 0.6) is 0 Å². The Morgan fingerprint density at radius 1 is 1.24 bits per heavy atom. The van der Waals surface area contributed by atoms with Gasteiger partial charge in [0.2, 0.25) is 5.89 Å². The Hall–Kier alpha value is -0.550. The highest BCUT2D eigenvalue weighted by Gasteiger charge is 2.53. The summed E-state index contributed by atoms with van der Waals surface area (Å²) in [5, 5.41) is 4.36. The molecule has 4 fully saturated rings. The van der Waals surface area contributed by atoms with Crippen molar-refractivity contribution in [3.8, 4) is 0 Å². The summed E-state index contributed by atoms with van der Waals surface area (Å²) in [4.78, 5) is 4.74. The van der Waals surface area contributed by atoms with Crippen LogP contribution >= 0.6 is 11.8 Å². The number of rotatable bonds is 5. The highest BCUT2D eigenvalue weighted by molar-refractivity contribution is 7.98. The van der Waals surface area contributed by atoms with Crippen molar-refractivity contribution in [3.63, 3.8) is 0 Å². The zero-order valence-corrected chi connectivity index (χ0v) is 13.6. The maximum atomic E-state index is 6.18. The molecule has 1 aromatic heterocycles. The Kier molecular flexibility index (Phi) is 3.53. The molecule has 1 aromatic rings. The summed E-state index contributed by atoms with van der Waals surface area (Å²) in [5.41, 5.74) is 6.39. The Morgan fingerprint density at radius 2 is 1.86 bits per heavy atom. The summed E-state index contributed by atoms with van der Waals surface area (Å²) in [7, 11) is 0. The zero-order valence-electron chi connectivity index (χ0n) is 12.8. The van der Waals surface area contributed by atoms with E-state index in [1.165, 1.54) is 38.5 Å². The molecule has 2 N–H and O–H groups in total. The summed E-state index contributed by atoms with van der Waals surface area (Å²) in [6.45, 7) is 0. The van der Waals surface area contributed by atoms with E-state index in [4.69, 9.17) is 15.2 Å². The fraction of sp³-hybridized carbons (Fsp3) is 0.875. The summed E-state index contributed by atoms with van der Waals surface area (Å²) in [6.07, 6.45) is 11.2. The molecule has 4 aliphatic carbocycles. The molecule has 116 valence electrons. The van der Waals surface area contributed by atoms with Gasteiger partial charge in [-0.05, 0) is 74.7 Å². The first-order chi connectivity index (χ1) is 10.2. The molecule has 0 aliphatic heterocycles. The largest absolute Gasteiger partial charge is 0.338 e. The van der Waals surface area contributed by atoms with Crippen LogP contribution < -0.4 is 5.73 Å². The van der Waals surface area contributed by atoms with E-state index in [0.717, 1.165) is 35.8 Å². The van der Waals surface area contributed by atoms with Gasteiger partial charge in [0.05, 0.1) is 6.04 Å². The predicted molar refractivity (Wildman–Crippen MR) is 84.1 cm³/mol. The quantitative estimate of drug-likeness (QED) is 0.904. The zero-order chi connectivity index (χ0) is 14.4. The fourth-order valence-corrected chi connectivity index (χ4v) is 5.84. The lowest BCUT2D eigenvalue weighted by molar-refractivity contribution is -0.0103. The summed E-state index contributed by atoms with van der Waals surface area (Å²) >= 11 is 1.81. The van der Waals surface area contributed by atoms with E-state index < -0.39 is 0 Å². The third kappa shape index (κ3) is 2.42. The van der Waals surface area contributed by atoms with Gasteiger partial charge >= 0.3 is 0 Å². The van der Waals surface area contributed by atoms with E-state index in [9.17, 15) is 0 Å². The van der Waals surface area contributed by atoms with Gasteiger partial charge in [-0.1, -0.05) is 5.16 Å². The third-order valence-electron chi connectivity index (χ3n) is 5.90. The molecule has 0 amide bonds. The van der Waals surface area contributed by atoms with Crippen LogP contribution in [0.4, 0.5) is 0 Å². The van der Waals surface area contributed by atoms with Crippen molar-refractivity contribution in [3.05, 3.63) is 11.7 Å². The lowest BCUT2D eigenvalue weighted by atomic mass is 9.49. The average Bonchev–Trinajstić information content (AvgIpc) is 2.94. The monoisotopic (exact) mass is 307 g/mol. The molecule has 1 heterocycles. The number of hydrogen-bond donors (Lipinski definition) is 1. The van der Waals surface area contributed by atoms with Crippen LogP contribution in [0.15, 0.2) is 4.52 Å². The van der Waals surface area contributed by atoms with Gasteiger partial charge in [-0.25, -0.2) is 0 Å². The number of nitrogens with two attached hydrogens (primary N) is 1. The van der Waals surface area contributed by atoms with Gasteiger partial charge in [-0.15, -0.1) is 0 Å². The smallest absolute Gasteiger partial charge is 0.243 e. The van der Waals surface area contributed by atoms with Gasteiger partial charge in [0.1, 0.15) is 0 Å². The maximum Gasteiger partial charge on any atom is 0.243 e. The van der Waals surface area contributed by atoms with Crippen molar-refractivity contribution >= 4 is 11.8 Å². The Morgan fingerprint density at radius 3 is 2.43 bits per heavy atom. The van der Waals surface area contributed by atoms with Gasteiger partial charge < -0.3 is 10.3 Å². The third-order valence-corrected chi connectivity index (χ3v) is 6.55. The molecule has 5 rings (SSSR count). The molecular formula is C16H25N3OS. The topological polar surface area (TPSA) is 64.9 Å². The van der Waals surface area contributed by atoms with E-state index in [-0.39, 0.29) is 11.5 Å². The molecule has 4 nitrogen and oxygen atoms in total. The van der Waals surface area contributed by atoms with Gasteiger partial charge in [0.15, 0.2) is 5.82 Å². The molecule has 0 spiro atoms. The molecule has 4 saturated carbocycles. The first-order valence-electron chi connectivity index (χ1n) is 8.27. The molecule has 0 radical (unpaired) electrons. The van der Waals surface area contributed by atoms with Crippen LogP contribution in [0.1, 0.15) is 62.7 Å². The molecule has 0 aromatic carbocycles. The van der Waals surface area contributed by atoms with Crippen molar-refractivity contribution in [2.75, 3.05) is 12.0 Å². The second kappa shape index (κ2) is 5.27. The van der Waals surface area contributed by atoms with Crippen LogP contribution in [-0.2, 0) is 5.41 Å². The average molecular weight is 307 g/mol. The highest BCUT2D eigenvalue weighted by atomic mass is 32.2. The van der Waals surface area contributed by atoms with Crippen molar-refractivity contribution in [2.45, 2.75) is 56.4 Å². The fourth-order valence-electron chi connectivity index (χ4n) is 5.35. The lowest BCUT2D eigenvalue weighted by Crippen LogP contribution is -2.49. The Bertz CT molecular complexity index is 480. The molecule has 4 bridgehead atoms. The van der Waals surface area contributed by atoms with Gasteiger partial charge in [-0.3, -0.25) is 0 Å². The lowest BCUT2D eigenvalue weighted by Gasteiger charge is -2.55. The van der Waals surface area contributed by atoms with Crippen LogP contribution in [-0.4, -0.2) is 22.1 Å². The van der Waals surface area contributed by atoms with E-state index in [1.807, 2.05) is 11.8 Å². The second-order valence-corrected chi connectivity index (χ2v) is 8.53.